The second-order valence-electron chi connectivity index (χ2n) is 3.78. The highest BCUT2D eigenvalue weighted by molar-refractivity contribution is 14.1. The molecule has 0 saturated carbocycles. The van der Waals surface area contributed by atoms with Gasteiger partial charge in [0.1, 0.15) is 12.4 Å². The molecule has 1 aliphatic heterocycles. The zero-order chi connectivity index (χ0) is 14.7. The standard InChI is InChI=1S/C13H10I2N2O2S/c1-2-3-19-11-8(14)4-7(5-9(11)15)6-10-12(18)17-13(16)20-10/h2,4-6H,1,3H2,(H2,16,17,18)/b10-6+. The summed E-state index contributed by atoms with van der Waals surface area (Å²) in [6.07, 6.45) is 3.49. The van der Waals surface area contributed by atoms with Gasteiger partial charge < -0.3 is 10.5 Å². The molecule has 1 aromatic carbocycles. The van der Waals surface area contributed by atoms with Gasteiger partial charge in [-0.1, -0.05) is 12.7 Å². The van der Waals surface area contributed by atoms with Gasteiger partial charge in [-0.3, -0.25) is 4.79 Å². The van der Waals surface area contributed by atoms with Crippen molar-refractivity contribution in [2.75, 3.05) is 6.61 Å². The van der Waals surface area contributed by atoms with E-state index in [0.29, 0.717) is 11.5 Å². The van der Waals surface area contributed by atoms with Crippen LogP contribution in [0.1, 0.15) is 5.56 Å². The summed E-state index contributed by atoms with van der Waals surface area (Å²) in [5.41, 5.74) is 6.45. The van der Waals surface area contributed by atoms with Crippen LogP contribution in [-0.2, 0) is 4.79 Å². The minimum Gasteiger partial charge on any atom is -0.487 e. The van der Waals surface area contributed by atoms with Crippen LogP contribution in [0.4, 0.5) is 0 Å². The Morgan fingerprint density at radius 1 is 1.40 bits per heavy atom. The summed E-state index contributed by atoms with van der Waals surface area (Å²) < 4.78 is 7.57. The summed E-state index contributed by atoms with van der Waals surface area (Å²) >= 11 is 5.61. The van der Waals surface area contributed by atoms with E-state index in [-0.39, 0.29) is 11.1 Å². The topological polar surface area (TPSA) is 64.7 Å². The van der Waals surface area contributed by atoms with Crippen molar-refractivity contribution in [1.82, 2.24) is 0 Å². The number of rotatable bonds is 4. The third-order valence-corrected chi connectivity index (χ3v) is 4.72. The van der Waals surface area contributed by atoms with Crippen LogP contribution in [0.3, 0.4) is 0 Å². The van der Waals surface area contributed by atoms with Crippen molar-refractivity contribution in [2.45, 2.75) is 0 Å². The second kappa shape index (κ2) is 6.94. The molecule has 0 aliphatic carbocycles. The predicted molar refractivity (Wildman–Crippen MR) is 99.8 cm³/mol. The minimum absolute atomic E-state index is 0.287. The lowest BCUT2D eigenvalue weighted by molar-refractivity contribution is -0.113. The molecule has 20 heavy (non-hydrogen) atoms. The lowest BCUT2D eigenvalue weighted by Gasteiger charge is -2.09. The Hall–Kier alpha value is -0.550. The fourth-order valence-electron chi connectivity index (χ4n) is 1.52. The summed E-state index contributed by atoms with van der Waals surface area (Å²) in [6, 6.07) is 3.91. The first-order valence-corrected chi connectivity index (χ1v) is 8.49. The molecule has 7 heteroatoms. The molecule has 4 nitrogen and oxygen atoms in total. The molecular formula is C13H10I2N2O2S. The average Bonchev–Trinajstić information content (AvgIpc) is 2.67. The van der Waals surface area contributed by atoms with Gasteiger partial charge in [-0.15, -0.1) is 0 Å². The summed E-state index contributed by atoms with van der Waals surface area (Å²) in [4.78, 5) is 15.8. The van der Waals surface area contributed by atoms with Gasteiger partial charge in [0.05, 0.1) is 12.0 Å². The number of amidine groups is 1. The van der Waals surface area contributed by atoms with E-state index < -0.39 is 0 Å². The number of nitrogens with zero attached hydrogens (tertiary/aromatic N) is 1. The molecule has 1 heterocycles. The van der Waals surface area contributed by atoms with Crippen molar-refractivity contribution in [3.63, 3.8) is 0 Å². The maximum Gasteiger partial charge on any atom is 0.286 e. The van der Waals surface area contributed by atoms with Crippen LogP contribution < -0.4 is 10.5 Å². The Balaban J connectivity index is 2.29. The first-order chi connectivity index (χ1) is 9.51. The third-order valence-electron chi connectivity index (χ3n) is 2.30. The van der Waals surface area contributed by atoms with Gasteiger partial charge in [-0.05, 0) is 80.7 Å². The third kappa shape index (κ3) is 3.76. The number of ether oxygens (including phenoxy) is 1. The zero-order valence-corrected chi connectivity index (χ0v) is 15.4. The molecule has 2 N–H and O–H groups in total. The van der Waals surface area contributed by atoms with Gasteiger partial charge in [-0.2, -0.15) is 4.99 Å². The number of thioether (sulfide) groups is 1. The number of hydrogen-bond acceptors (Lipinski definition) is 4. The summed E-state index contributed by atoms with van der Waals surface area (Å²) in [7, 11) is 0. The first kappa shape index (κ1) is 15.8. The van der Waals surface area contributed by atoms with Crippen molar-refractivity contribution in [1.29, 1.82) is 0 Å². The van der Waals surface area contributed by atoms with Gasteiger partial charge in [-0.25, -0.2) is 0 Å². The molecule has 1 aromatic rings. The van der Waals surface area contributed by atoms with E-state index >= 15 is 0 Å². The summed E-state index contributed by atoms with van der Waals surface area (Å²) in [5, 5.41) is 0.289. The smallest absolute Gasteiger partial charge is 0.286 e. The molecule has 0 atom stereocenters. The van der Waals surface area contributed by atoms with Gasteiger partial charge in [0.2, 0.25) is 0 Å². The van der Waals surface area contributed by atoms with E-state index in [1.165, 1.54) is 11.8 Å². The first-order valence-electron chi connectivity index (χ1n) is 5.52. The fourth-order valence-corrected chi connectivity index (χ4v) is 4.33. The number of carbonyl (C=O) groups excluding carboxylic acids is 1. The SMILES string of the molecule is C=CCOc1c(I)cc(/C=C2/SC(N)=NC2=O)cc1I. The Labute approximate surface area is 148 Å². The molecule has 0 unspecified atom stereocenters. The highest BCUT2D eigenvalue weighted by atomic mass is 127. The maximum absolute atomic E-state index is 11.6. The molecule has 104 valence electrons. The van der Waals surface area contributed by atoms with Crippen LogP contribution >= 0.6 is 56.9 Å². The van der Waals surface area contributed by atoms with Crippen LogP contribution in [0.15, 0.2) is 34.7 Å². The number of nitrogens with two attached hydrogens (primary N) is 1. The largest absolute Gasteiger partial charge is 0.487 e. The van der Waals surface area contributed by atoms with Gasteiger partial charge in [0.15, 0.2) is 5.17 Å². The normalized spacial score (nSPS) is 16.4. The molecule has 0 bridgehead atoms. The Kier molecular flexibility index (Phi) is 5.49. The van der Waals surface area contributed by atoms with E-state index in [2.05, 4.69) is 56.8 Å². The van der Waals surface area contributed by atoms with Crippen molar-refractivity contribution >= 4 is 74.1 Å². The van der Waals surface area contributed by atoms with Crippen LogP contribution in [0, 0.1) is 7.14 Å². The lowest BCUT2D eigenvalue weighted by atomic mass is 10.2. The summed E-state index contributed by atoms with van der Waals surface area (Å²) in [5.74, 6) is 0.541. The number of halogens is 2. The van der Waals surface area contributed by atoms with Crippen molar-refractivity contribution < 1.29 is 9.53 Å². The summed E-state index contributed by atoms with van der Waals surface area (Å²) in [6.45, 7) is 4.10. The van der Waals surface area contributed by atoms with E-state index in [1.807, 2.05) is 12.1 Å². The molecule has 1 amide bonds. The Morgan fingerprint density at radius 2 is 2.05 bits per heavy atom. The second-order valence-corrected chi connectivity index (χ2v) is 7.17. The number of carbonyl (C=O) groups is 1. The quantitative estimate of drug-likeness (QED) is 0.382. The number of aliphatic imine (C=N–C) groups is 1. The lowest BCUT2D eigenvalue weighted by Crippen LogP contribution is -2.01. The van der Waals surface area contributed by atoms with Crippen LogP contribution in [0.2, 0.25) is 0 Å². The average molecular weight is 512 g/mol. The van der Waals surface area contributed by atoms with E-state index in [1.54, 1.807) is 12.2 Å². The van der Waals surface area contributed by atoms with E-state index in [0.717, 1.165) is 18.5 Å². The highest BCUT2D eigenvalue weighted by Gasteiger charge is 2.19. The number of hydrogen-bond donors (Lipinski definition) is 1. The van der Waals surface area contributed by atoms with Crippen molar-refractivity contribution in [2.24, 2.45) is 10.7 Å². The molecule has 2 rings (SSSR count). The van der Waals surface area contributed by atoms with E-state index in [4.69, 9.17) is 10.5 Å². The van der Waals surface area contributed by atoms with Gasteiger partial charge in [0.25, 0.3) is 5.91 Å². The monoisotopic (exact) mass is 512 g/mol. The molecular weight excluding hydrogens is 502 g/mol. The van der Waals surface area contributed by atoms with E-state index in [9.17, 15) is 4.79 Å². The predicted octanol–water partition coefficient (Wildman–Crippen LogP) is 3.39. The maximum atomic E-state index is 11.6. The van der Waals surface area contributed by atoms with Gasteiger partial charge >= 0.3 is 0 Å². The molecule has 1 aliphatic rings. The van der Waals surface area contributed by atoms with Crippen molar-refractivity contribution in [3.05, 3.63) is 42.4 Å². The zero-order valence-electron chi connectivity index (χ0n) is 10.2. The molecule has 0 saturated heterocycles. The van der Waals surface area contributed by atoms with Crippen LogP contribution in [0.5, 0.6) is 5.75 Å². The molecule has 0 fully saturated rings. The Morgan fingerprint density at radius 3 is 2.55 bits per heavy atom. The van der Waals surface area contributed by atoms with Crippen molar-refractivity contribution in [3.8, 4) is 5.75 Å². The minimum atomic E-state index is -0.287. The molecule has 0 spiro atoms. The van der Waals surface area contributed by atoms with Crippen LogP contribution in [-0.4, -0.2) is 17.7 Å². The number of benzene rings is 1. The van der Waals surface area contributed by atoms with Crippen LogP contribution in [0.25, 0.3) is 6.08 Å². The molecule has 0 radical (unpaired) electrons. The number of amides is 1. The molecule has 0 aromatic heterocycles. The van der Waals surface area contributed by atoms with Gasteiger partial charge in [0, 0.05) is 0 Å². The fraction of sp³-hybridized carbons (Fsp3) is 0.0769. The highest BCUT2D eigenvalue weighted by Crippen LogP contribution is 2.32. The Bertz CT molecular complexity index is 618.